The van der Waals surface area contributed by atoms with E-state index in [9.17, 15) is 8.42 Å². The predicted molar refractivity (Wildman–Crippen MR) is 109 cm³/mol. The molecule has 0 radical (unpaired) electrons. The molecule has 154 valence electrons. The van der Waals surface area contributed by atoms with E-state index in [1.165, 1.54) is 17.1 Å². The average Bonchev–Trinajstić information content (AvgIpc) is 3.16. The molecule has 2 aromatic heterocycles. The molecule has 0 unspecified atom stereocenters. The van der Waals surface area contributed by atoms with Gasteiger partial charge in [-0.25, -0.2) is 18.4 Å². The van der Waals surface area contributed by atoms with Crippen LogP contribution in [0.3, 0.4) is 0 Å². The van der Waals surface area contributed by atoms with Crippen molar-refractivity contribution in [1.82, 2.24) is 24.6 Å². The number of ether oxygens (including phenoxy) is 1. The van der Waals surface area contributed by atoms with Gasteiger partial charge < -0.3 is 10.1 Å². The monoisotopic (exact) mass is 417 g/mol. The molecule has 0 atom stereocenters. The lowest BCUT2D eigenvalue weighted by Gasteiger charge is -2.26. The summed E-state index contributed by atoms with van der Waals surface area (Å²) in [5.74, 6) is 0.555. The molecule has 2 N–H and O–H groups in total. The number of nitrogens with one attached hydrogen (secondary N) is 2. The van der Waals surface area contributed by atoms with Gasteiger partial charge in [0.2, 0.25) is 0 Å². The molecule has 3 aromatic rings. The van der Waals surface area contributed by atoms with Gasteiger partial charge in [0, 0.05) is 39.4 Å². The average molecular weight is 417 g/mol. The van der Waals surface area contributed by atoms with Crippen LogP contribution in [0.4, 0.5) is 11.6 Å². The van der Waals surface area contributed by atoms with Gasteiger partial charge in [0.05, 0.1) is 30.4 Å². The van der Waals surface area contributed by atoms with Gasteiger partial charge in [0.15, 0.2) is 11.6 Å². The van der Waals surface area contributed by atoms with E-state index >= 15 is 0 Å². The first-order chi connectivity index (χ1) is 14.0. The minimum Gasteiger partial charge on any atom is -0.379 e. The van der Waals surface area contributed by atoms with Crippen molar-refractivity contribution in [2.75, 3.05) is 49.4 Å². The molecule has 1 aliphatic heterocycles. The first-order valence-corrected chi connectivity index (χ1v) is 10.8. The van der Waals surface area contributed by atoms with Crippen molar-refractivity contribution in [3.8, 4) is 0 Å². The molecule has 3 heterocycles. The SMILES string of the molecule is Cn1cc(S(=O)(=O)Nc2nc3ccccc3nc2NCCN2CCOCC2)cn1. The number of aryl methyl sites for hydroxylation is 1. The summed E-state index contributed by atoms with van der Waals surface area (Å²) in [5, 5.41) is 7.16. The van der Waals surface area contributed by atoms with Crippen LogP contribution in [-0.2, 0) is 21.8 Å². The lowest BCUT2D eigenvalue weighted by atomic mass is 10.3. The van der Waals surface area contributed by atoms with Crippen LogP contribution in [0.1, 0.15) is 0 Å². The Hall–Kier alpha value is -2.76. The first-order valence-electron chi connectivity index (χ1n) is 9.33. The van der Waals surface area contributed by atoms with Crippen LogP contribution in [0.15, 0.2) is 41.6 Å². The van der Waals surface area contributed by atoms with Crippen molar-refractivity contribution in [1.29, 1.82) is 0 Å². The zero-order valence-corrected chi connectivity index (χ0v) is 16.9. The molecule has 1 saturated heterocycles. The van der Waals surface area contributed by atoms with Crippen molar-refractivity contribution >= 4 is 32.7 Å². The Labute approximate surface area is 168 Å². The summed E-state index contributed by atoms with van der Waals surface area (Å²) in [5.41, 5.74) is 1.29. The van der Waals surface area contributed by atoms with E-state index in [2.05, 4.69) is 30.0 Å². The van der Waals surface area contributed by atoms with E-state index in [1.54, 1.807) is 13.1 Å². The number of fused-ring (bicyclic) bond motifs is 1. The number of morpholine rings is 1. The molecule has 1 aromatic carbocycles. The van der Waals surface area contributed by atoms with Crippen molar-refractivity contribution in [2.45, 2.75) is 4.90 Å². The molecular weight excluding hydrogens is 394 g/mol. The number of rotatable bonds is 7. The second-order valence-corrected chi connectivity index (χ2v) is 8.43. The van der Waals surface area contributed by atoms with Crippen molar-refractivity contribution in [3.63, 3.8) is 0 Å². The fourth-order valence-electron chi connectivity index (χ4n) is 3.08. The van der Waals surface area contributed by atoms with Crippen LogP contribution >= 0.6 is 0 Å². The molecule has 0 amide bonds. The number of aromatic nitrogens is 4. The minimum absolute atomic E-state index is 0.0641. The topological polar surface area (TPSA) is 114 Å². The highest BCUT2D eigenvalue weighted by atomic mass is 32.2. The molecule has 0 bridgehead atoms. The zero-order valence-electron chi connectivity index (χ0n) is 16.1. The fraction of sp³-hybridized carbons (Fsp3) is 0.389. The second-order valence-electron chi connectivity index (χ2n) is 6.75. The van der Waals surface area contributed by atoms with Gasteiger partial charge in [-0.05, 0) is 12.1 Å². The third-order valence-corrected chi connectivity index (χ3v) is 5.91. The highest BCUT2D eigenvalue weighted by Gasteiger charge is 2.20. The van der Waals surface area contributed by atoms with E-state index in [0.29, 0.717) is 23.4 Å². The zero-order chi connectivity index (χ0) is 20.3. The maximum Gasteiger partial charge on any atom is 0.266 e. The summed E-state index contributed by atoms with van der Waals surface area (Å²) in [6.07, 6.45) is 2.73. The maximum atomic E-state index is 12.7. The standard InChI is InChI=1S/C18H23N7O3S/c1-24-13-14(12-20-24)29(26,27)23-18-17(19-6-7-25-8-10-28-11-9-25)21-15-4-2-3-5-16(15)22-18/h2-5,12-13H,6-11H2,1H3,(H,19,21)(H,22,23). The Balaban J connectivity index is 1.58. The largest absolute Gasteiger partial charge is 0.379 e. The lowest BCUT2D eigenvalue weighted by Crippen LogP contribution is -2.39. The summed E-state index contributed by atoms with van der Waals surface area (Å²) < 4.78 is 34.8. The number of anilines is 2. The molecular formula is C18H23N7O3S. The van der Waals surface area contributed by atoms with Crippen LogP contribution in [0.25, 0.3) is 11.0 Å². The first kappa shape index (κ1) is 19.6. The highest BCUT2D eigenvalue weighted by Crippen LogP contribution is 2.24. The minimum atomic E-state index is -3.83. The van der Waals surface area contributed by atoms with Gasteiger partial charge in [-0.15, -0.1) is 0 Å². The van der Waals surface area contributed by atoms with Gasteiger partial charge in [0.1, 0.15) is 4.90 Å². The molecule has 29 heavy (non-hydrogen) atoms. The van der Waals surface area contributed by atoms with Gasteiger partial charge in [-0.3, -0.25) is 14.3 Å². The maximum absolute atomic E-state index is 12.7. The van der Waals surface area contributed by atoms with Gasteiger partial charge in [0.25, 0.3) is 10.0 Å². The van der Waals surface area contributed by atoms with E-state index < -0.39 is 10.0 Å². The fourth-order valence-corrected chi connectivity index (χ4v) is 4.07. The molecule has 0 saturated carbocycles. The molecule has 1 fully saturated rings. The Morgan fingerprint density at radius 3 is 2.45 bits per heavy atom. The number of hydrogen-bond donors (Lipinski definition) is 2. The van der Waals surface area contributed by atoms with E-state index in [0.717, 1.165) is 32.8 Å². The van der Waals surface area contributed by atoms with Crippen LogP contribution < -0.4 is 10.0 Å². The van der Waals surface area contributed by atoms with E-state index in [1.807, 2.05) is 18.2 Å². The number of nitrogens with zero attached hydrogens (tertiary/aromatic N) is 5. The Bertz CT molecular complexity index is 1090. The molecule has 0 spiro atoms. The van der Waals surface area contributed by atoms with E-state index in [4.69, 9.17) is 4.74 Å². The van der Waals surface area contributed by atoms with Gasteiger partial charge in [-0.2, -0.15) is 5.10 Å². The van der Waals surface area contributed by atoms with Crippen LogP contribution in [-0.4, -0.2) is 72.5 Å². The smallest absolute Gasteiger partial charge is 0.266 e. The lowest BCUT2D eigenvalue weighted by molar-refractivity contribution is 0.0398. The Kier molecular flexibility index (Phi) is 5.60. The third-order valence-electron chi connectivity index (χ3n) is 4.62. The number of sulfonamides is 1. The van der Waals surface area contributed by atoms with Crippen molar-refractivity contribution < 1.29 is 13.2 Å². The molecule has 11 heteroatoms. The summed E-state index contributed by atoms with van der Waals surface area (Å²) >= 11 is 0. The highest BCUT2D eigenvalue weighted by molar-refractivity contribution is 7.92. The third kappa shape index (κ3) is 4.63. The summed E-state index contributed by atoms with van der Waals surface area (Å²) in [7, 11) is -2.17. The van der Waals surface area contributed by atoms with Crippen LogP contribution in [0.2, 0.25) is 0 Å². The Morgan fingerprint density at radius 1 is 1.10 bits per heavy atom. The number of hydrogen-bond acceptors (Lipinski definition) is 8. The van der Waals surface area contributed by atoms with Gasteiger partial charge >= 0.3 is 0 Å². The van der Waals surface area contributed by atoms with Crippen molar-refractivity contribution in [3.05, 3.63) is 36.7 Å². The summed E-state index contributed by atoms with van der Waals surface area (Å²) in [6, 6.07) is 7.34. The van der Waals surface area contributed by atoms with Crippen LogP contribution in [0, 0.1) is 0 Å². The number of para-hydroxylation sites is 2. The molecule has 4 rings (SSSR count). The second kappa shape index (κ2) is 8.31. The van der Waals surface area contributed by atoms with Crippen LogP contribution in [0.5, 0.6) is 0 Å². The van der Waals surface area contributed by atoms with Crippen molar-refractivity contribution in [2.24, 2.45) is 7.05 Å². The summed E-state index contributed by atoms with van der Waals surface area (Å²) in [6.45, 7) is 4.62. The molecule has 10 nitrogen and oxygen atoms in total. The molecule has 0 aliphatic carbocycles. The molecule has 1 aliphatic rings. The quantitative estimate of drug-likeness (QED) is 0.583. The van der Waals surface area contributed by atoms with Gasteiger partial charge in [-0.1, -0.05) is 12.1 Å². The summed E-state index contributed by atoms with van der Waals surface area (Å²) in [4.78, 5) is 11.4. The Morgan fingerprint density at radius 2 is 1.79 bits per heavy atom. The predicted octanol–water partition coefficient (Wildman–Crippen LogP) is 0.908. The number of benzene rings is 1. The normalized spacial score (nSPS) is 15.5. The van der Waals surface area contributed by atoms with E-state index in [-0.39, 0.29) is 10.7 Å².